The second kappa shape index (κ2) is 7.23. The highest BCUT2D eigenvalue weighted by Crippen LogP contribution is 2.37. The number of anilines is 1. The average Bonchev–Trinajstić information content (AvgIpc) is 3.17. The molecule has 0 saturated carbocycles. The van der Waals surface area contributed by atoms with Gasteiger partial charge in [-0.05, 0) is 53.2 Å². The first kappa shape index (κ1) is 19.0. The molecule has 9 heteroatoms. The number of rotatable bonds is 3. The first-order chi connectivity index (χ1) is 13.3. The van der Waals surface area contributed by atoms with Crippen LogP contribution in [-0.2, 0) is 21.0 Å². The molecule has 0 aromatic carbocycles. The number of amides is 2. The Kier molecular flexibility index (Phi) is 4.90. The van der Waals surface area contributed by atoms with Crippen LogP contribution in [0.15, 0.2) is 30.7 Å². The topological polar surface area (TPSA) is 113 Å². The molecule has 0 bridgehead atoms. The van der Waals surface area contributed by atoms with E-state index in [0.29, 0.717) is 18.9 Å². The summed E-state index contributed by atoms with van der Waals surface area (Å²) in [6, 6.07) is 3.43. The lowest BCUT2D eigenvalue weighted by atomic mass is 9.99. The van der Waals surface area contributed by atoms with E-state index in [1.165, 1.54) is 11.2 Å². The normalized spacial score (nSPS) is 21.9. The second-order valence-corrected chi connectivity index (χ2v) is 9.36. The van der Waals surface area contributed by atoms with Crippen LogP contribution in [0.1, 0.15) is 36.4 Å². The minimum atomic E-state index is -3.01. The fourth-order valence-electron chi connectivity index (χ4n) is 4.11. The van der Waals surface area contributed by atoms with Crippen LogP contribution >= 0.6 is 0 Å². The molecule has 2 aromatic rings. The molecule has 2 aromatic heterocycles. The molecule has 0 radical (unpaired) electrons. The third kappa shape index (κ3) is 3.52. The number of carbonyl (C=O) groups is 1. The van der Waals surface area contributed by atoms with Gasteiger partial charge in [-0.1, -0.05) is 4.31 Å². The third-order valence-electron chi connectivity index (χ3n) is 5.41. The van der Waals surface area contributed by atoms with Crippen molar-refractivity contribution in [2.45, 2.75) is 31.7 Å². The number of urea groups is 1. The van der Waals surface area contributed by atoms with E-state index in [1.54, 1.807) is 22.9 Å². The Bertz CT molecular complexity index is 960. The molecule has 2 amide bonds. The lowest BCUT2D eigenvalue weighted by molar-refractivity contribution is 0.253. The van der Waals surface area contributed by atoms with E-state index in [-0.39, 0.29) is 6.04 Å². The molecule has 28 heavy (non-hydrogen) atoms. The van der Waals surface area contributed by atoms with Crippen molar-refractivity contribution in [2.75, 3.05) is 24.2 Å². The summed E-state index contributed by atoms with van der Waals surface area (Å²) in [5.41, 5.74) is 9.18. The van der Waals surface area contributed by atoms with Gasteiger partial charge in [0.15, 0.2) is 6.26 Å². The Labute approximate surface area is 165 Å². The molecule has 8 nitrogen and oxygen atoms in total. The zero-order chi connectivity index (χ0) is 19.9. The Hall–Kier alpha value is -2.36. The van der Waals surface area contributed by atoms with Gasteiger partial charge in [0, 0.05) is 42.8 Å². The van der Waals surface area contributed by atoms with Gasteiger partial charge in [-0.15, -0.1) is 0 Å². The zero-order valence-corrected chi connectivity index (χ0v) is 16.6. The molecular formula is C19H24N5O3S+. The van der Waals surface area contributed by atoms with Gasteiger partial charge in [0.05, 0.1) is 6.04 Å². The maximum Gasteiger partial charge on any atom is 0.320 e. The minimum Gasteiger partial charge on any atom is -0.351 e. The molecular weight excluding hydrogens is 378 g/mol. The van der Waals surface area contributed by atoms with Crippen molar-refractivity contribution in [3.63, 3.8) is 0 Å². The van der Waals surface area contributed by atoms with Gasteiger partial charge >= 0.3 is 6.03 Å². The van der Waals surface area contributed by atoms with Gasteiger partial charge in [-0.2, -0.15) is 4.55 Å². The van der Waals surface area contributed by atoms with E-state index < -0.39 is 16.4 Å². The Morgan fingerprint density at radius 2 is 2.00 bits per heavy atom. The number of hydrogen-bond acceptors (Lipinski definition) is 4. The lowest BCUT2D eigenvalue weighted by Gasteiger charge is -2.27. The van der Waals surface area contributed by atoms with Crippen molar-refractivity contribution in [2.24, 2.45) is 5.73 Å². The predicted molar refractivity (Wildman–Crippen MR) is 108 cm³/mol. The van der Waals surface area contributed by atoms with Crippen LogP contribution in [0.3, 0.4) is 0 Å². The summed E-state index contributed by atoms with van der Waals surface area (Å²) in [5, 5.41) is 0. The van der Waals surface area contributed by atoms with Crippen molar-refractivity contribution in [3.8, 4) is 11.1 Å². The second-order valence-electron chi connectivity index (χ2n) is 7.37. The number of pyridine rings is 2. The molecule has 0 aliphatic carbocycles. The van der Waals surface area contributed by atoms with E-state index in [4.69, 9.17) is 5.73 Å². The van der Waals surface area contributed by atoms with Gasteiger partial charge in [-0.3, -0.25) is 9.88 Å². The standard InChI is InChI=1S/C19H23N5O3S/c1-28(26,27)24-7-3-5-17(24)16-9-14(10-21-11-16)15-8-13-4-2-6-23(19(20)25)18(13)22-12-15/h8-12,17H,2-7H2,1H3,(H2-,20,25,26,27)/p+1. The molecule has 4 rings (SSSR count). The van der Waals surface area contributed by atoms with E-state index in [0.717, 1.165) is 47.9 Å². The average molecular weight is 403 g/mol. The summed E-state index contributed by atoms with van der Waals surface area (Å²) < 4.78 is 23.9. The Morgan fingerprint density at radius 3 is 2.75 bits per heavy atom. The van der Waals surface area contributed by atoms with Crippen molar-refractivity contribution >= 4 is 22.2 Å². The maximum atomic E-state index is 12.2. The van der Waals surface area contributed by atoms with Crippen molar-refractivity contribution < 1.29 is 13.6 Å². The van der Waals surface area contributed by atoms with E-state index in [2.05, 4.69) is 9.97 Å². The predicted octanol–water partition coefficient (Wildman–Crippen LogP) is 2.63. The number of aryl methyl sites for hydroxylation is 1. The molecule has 4 heterocycles. The van der Waals surface area contributed by atoms with Crippen LogP contribution in [-0.4, -0.2) is 44.2 Å². The molecule has 1 fully saturated rings. The largest absolute Gasteiger partial charge is 0.351 e. The summed E-state index contributed by atoms with van der Waals surface area (Å²) in [4.78, 5) is 22.0. The quantitative estimate of drug-likeness (QED) is 0.767. The van der Waals surface area contributed by atoms with Crippen LogP contribution < -0.4 is 10.6 Å². The Morgan fingerprint density at radius 1 is 1.21 bits per heavy atom. The minimum absolute atomic E-state index is 0.120. The number of carbonyl (C=O) groups excluding carboxylic acids is 1. The molecule has 1 saturated heterocycles. The number of nitrogens with two attached hydrogens (primary N) is 1. The first-order valence-electron chi connectivity index (χ1n) is 9.34. The molecule has 148 valence electrons. The zero-order valence-electron chi connectivity index (χ0n) is 15.7. The first-order valence-corrected chi connectivity index (χ1v) is 11.2. The van der Waals surface area contributed by atoms with Gasteiger partial charge in [0.25, 0.3) is 10.4 Å². The van der Waals surface area contributed by atoms with Gasteiger partial charge in [0.2, 0.25) is 0 Å². The summed E-state index contributed by atoms with van der Waals surface area (Å²) in [6.07, 6.45) is 10.0. The van der Waals surface area contributed by atoms with Crippen LogP contribution in [0, 0.1) is 0 Å². The van der Waals surface area contributed by atoms with Gasteiger partial charge in [-0.25, -0.2) is 9.78 Å². The number of fused-ring (bicyclic) bond motifs is 1. The summed E-state index contributed by atoms with van der Waals surface area (Å²) >= 11 is 0. The number of nitrogens with zero attached hydrogens (tertiary/aromatic N) is 4. The van der Waals surface area contributed by atoms with Crippen LogP contribution in [0.25, 0.3) is 11.1 Å². The van der Waals surface area contributed by atoms with E-state index in [1.807, 2.05) is 12.1 Å². The SMILES string of the molecule is C[S+](=O)(O)N1CCCC1c1cncc(-c2cnc3c(c2)CCCN3C(N)=O)c1. The Balaban J connectivity index is 1.67. The fourth-order valence-corrected chi connectivity index (χ4v) is 5.28. The van der Waals surface area contributed by atoms with Crippen molar-refractivity contribution in [1.29, 1.82) is 0 Å². The fraction of sp³-hybridized carbons (Fsp3) is 0.421. The maximum absolute atomic E-state index is 12.2. The van der Waals surface area contributed by atoms with Crippen LogP contribution in [0.2, 0.25) is 0 Å². The van der Waals surface area contributed by atoms with Gasteiger partial charge < -0.3 is 5.73 Å². The summed E-state index contributed by atoms with van der Waals surface area (Å²) in [7, 11) is -3.01. The highest BCUT2D eigenvalue weighted by Gasteiger charge is 2.41. The molecule has 0 spiro atoms. The lowest BCUT2D eigenvalue weighted by Crippen LogP contribution is -2.40. The van der Waals surface area contributed by atoms with E-state index >= 15 is 0 Å². The van der Waals surface area contributed by atoms with Crippen molar-refractivity contribution in [3.05, 3.63) is 41.9 Å². The van der Waals surface area contributed by atoms with E-state index in [9.17, 15) is 13.6 Å². The number of primary amides is 1. The van der Waals surface area contributed by atoms with Crippen molar-refractivity contribution in [1.82, 2.24) is 14.3 Å². The highest BCUT2D eigenvalue weighted by molar-refractivity contribution is 7.94. The monoisotopic (exact) mass is 402 g/mol. The van der Waals surface area contributed by atoms with Gasteiger partial charge in [0.1, 0.15) is 5.82 Å². The molecule has 2 aliphatic rings. The smallest absolute Gasteiger partial charge is 0.320 e. The molecule has 2 unspecified atom stereocenters. The van der Waals surface area contributed by atoms with Crippen LogP contribution in [0.5, 0.6) is 0 Å². The molecule has 2 atom stereocenters. The summed E-state index contributed by atoms with van der Waals surface area (Å²) in [6.45, 7) is 1.19. The van der Waals surface area contributed by atoms with Crippen LogP contribution in [0.4, 0.5) is 10.6 Å². The molecule has 3 N–H and O–H groups in total. The molecule has 2 aliphatic heterocycles. The summed E-state index contributed by atoms with van der Waals surface area (Å²) in [5.74, 6) is 0.625. The third-order valence-corrected chi connectivity index (χ3v) is 6.72. The number of hydrogen-bond donors (Lipinski definition) is 2. The number of aromatic nitrogens is 2. The highest BCUT2D eigenvalue weighted by atomic mass is 32.3.